The largest absolute Gasteiger partial charge is 0.324 e. The molecule has 1 heterocycles. The van der Waals surface area contributed by atoms with Gasteiger partial charge in [0.05, 0.1) is 5.56 Å². The first-order valence-electron chi connectivity index (χ1n) is 8.28. The molecule has 1 amide bonds. The molecule has 6 heteroatoms. The fraction of sp³-hybridized carbons (Fsp3) is 0.150. The van der Waals surface area contributed by atoms with Crippen molar-refractivity contribution in [1.29, 1.82) is 0 Å². The fourth-order valence-electron chi connectivity index (χ4n) is 2.51. The lowest BCUT2D eigenvalue weighted by Gasteiger charge is -2.13. The average molecular weight is 367 g/mol. The van der Waals surface area contributed by atoms with E-state index in [4.69, 9.17) is 11.6 Å². The van der Waals surface area contributed by atoms with Crippen LogP contribution in [0.3, 0.4) is 0 Å². The molecule has 0 aliphatic heterocycles. The molecular weight excluding hydrogens is 348 g/mol. The predicted octanol–water partition coefficient (Wildman–Crippen LogP) is 5.25. The maximum atomic E-state index is 12.3. The Hall–Kier alpha value is -2.92. The third-order valence-corrected chi connectivity index (χ3v) is 4.06. The summed E-state index contributed by atoms with van der Waals surface area (Å²) in [5, 5.41) is 6.53. The Morgan fingerprint density at radius 2 is 1.77 bits per heavy atom. The highest BCUT2D eigenvalue weighted by molar-refractivity contribution is 6.30. The highest BCUT2D eigenvalue weighted by atomic mass is 35.5. The van der Waals surface area contributed by atoms with E-state index in [1.807, 2.05) is 18.2 Å². The van der Waals surface area contributed by atoms with Crippen LogP contribution in [0.15, 0.2) is 60.9 Å². The number of anilines is 3. The van der Waals surface area contributed by atoms with Gasteiger partial charge in [-0.1, -0.05) is 49.7 Å². The first kappa shape index (κ1) is 17.9. The zero-order valence-electron chi connectivity index (χ0n) is 14.5. The molecule has 0 saturated heterocycles. The van der Waals surface area contributed by atoms with Crippen molar-refractivity contribution >= 4 is 34.8 Å². The number of rotatable bonds is 5. The summed E-state index contributed by atoms with van der Waals surface area (Å²) in [7, 11) is 0. The van der Waals surface area contributed by atoms with Gasteiger partial charge in [-0.25, -0.2) is 9.97 Å². The van der Waals surface area contributed by atoms with Gasteiger partial charge in [0.15, 0.2) is 0 Å². The number of amides is 1. The Labute approximate surface area is 157 Å². The van der Waals surface area contributed by atoms with Gasteiger partial charge in [-0.05, 0) is 35.7 Å². The lowest BCUT2D eigenvalue weighted by molar-refractivity contribution is 0.102. The van der Waals surface area contributed by atoms with Crippen molar-refractivity contribution < 1.29 is 4.79 Å². The number of para-hydroxylation sites is 1. The highest BCUT2D eigenvalue weighted by Gasteiger charge is 2.10. The molecule has 0 fully saturated rings. The lowest BCUT2D eigenvalue weighted by atomic mass is 10.0. The van der Waals surface area contributed by atoms with Gasteiger partial charge in [0, 0.05) is 28.8 Å². The summed E-state index contributed by atoms with van der Waals surface area (Å²) < 4.78 is 0. The molecule has 0 bridgehead atoms. The number of halogens is 1. The first-order valence-corrected chi connectivity index (χ1v) is 8.65. The number of aromatic nitrogens is 2. The zero-order valence-corrected chi connectivity index (χ0v) is 15.3. The third-order valence-electron chi connectivity index (χ3n) is 3.83. The van der Waals surface area contributed by atoms with Crippen LogP contribution < -0.4 is 10.6 Å². The number of nitrogens with one attached hydrogen (secondary N) is 2. The van der Waals surface area contributed by atoms with E-state index in [2.05, 4.69) is 40.5 Å². The number of nitrogens with zero attached hydrogens (tertiary/aromatic N) is 2. The molecule has 2 aromatic carbocycles. The Morgan fingerprint density at radius 1 is 1.04 bits per heavy atom. The minimum atomic E-state index is -0.290. The third kappa shape index (κ3) is 4.37. The summed E-state index contributed by atoms with van der Waals surface area (Å²) in [6.07, 6.45) is 2.99. The molecule has 0 atom stereocenters. The van der Waals surface area contributed by atoms with Crippen LogP contribution in [0.2, 0.25) is 5.02 Å². The van der Waals surface area contributed by atoms with Gasteiger partial charge in [-0.2, -0.15) is 0 Å². The van der Waals surface area contributed by atoms with Gasteiger partial charge in [0.2, 0.25) is 5.95 Å². The molecular formula is C20H19ClN4O. The highest BCUT2D eigenvalue weighted by Crippen LogP contribution is 2.25. The molecule has 3 rings (SSSR count). The first-order chi connectivity index (χ1) is 12.5. The van der Waals surface area contributed by atoms with Gasteiger partial charge in [0.25, 0.3) is 5.91 Å². The van der Waals surface area contributed by atoms with Crippen LogP contribution in [0.25, 0.3) is 0 Å². The maximum Gasteiger partial charge on any atom is 0.258 e. The number of carbonyl (C=O) groups is 1. The molecule has 1 aromatic heterocycles. The van der Waals surface area contributed by atoms with Crippen molar-refractivity contribution in [3.05, 3.63) is 77.1 Å². The number of hydrogen-bond donors (Lipinski definition) is 2. The summed E-state index contributed by atoms with van der Waals surface area (Å²) in [6, 6.07) is 15.0. The standard InChI is InChI=1S/C20H19ClN4O/c1-13(2)17-8-3-4-9-18(17)25-20-22-11-14(12-23-20)19(26)24-16-7-5-6-15(21)10-16/h3-13H,1-2H3,(H,24,26)(H,22,23,25). The van der Waals surface area contributed by atoms with E-state index in [0.29, 0.717) is 28.1 Å². The topological polar surface area (TPSA) is 66.9 Å². The second kappa shape index (κ2) is 7.97. The van der Waals surface area contributed by atoms with Crippen LogP contribution in [0, 0.1) is 0 Å². The van der Waals surface area contributed by atoms with Crippen molar-refractivity contribution in [1.82, 2.24) is 9.97 Å². The number of benzene rings is 2. The maximum absolute atomic E-state index is 12.3. The Kier molecular flexibility index (Phi) is 5.49. The summed E-state index contributed by atoms with van der Waals surface area (Å²) in [6.45, 7) is 4.26. The SMILES string of the molecule is CC(C)c1ccccc1Nc1ncc(C(=O)Nc2cccc(Cl)c2)cn1. The van der Waals surface area contributed by atoms with E-state index in [1.54, 1.807) is 24.3 Å². The number of hydrogen-bond acceptors (Lipinski definition) is 4. The smallest absolute Gasteiger partial charge is 0.258 e. The van der Waals surface area contributed by atoms with Crippen LogP contribution in [0.5, 0.6) is 0 Å². The normalized spacial score (nSPS) is 10.6. The average Bonchev–Trinajstić information content (AvgIpc) is 2.62. The molecule has 26 heavy (non-hydrogen) atoms. The Bertz CT molecular complexity index is 910. The quantitative estimate of drug-likeness (QED) is 0.647. The van der Waals surface area contributed by atoms with E-state index in [-0.39, 0.29) is 5.91 Å². The molecule has 0 radical (unpaired) electrons. The fourth-order valence-corrected chi connectivity index (χ4v) is 2.70. The molecule has 0 aliphatic rings. The summed E-state index contributed by atoms with van der Waals surface area (Å²) in [5.41, 5.74) is 3.13. The number of carbonyl (C=O) groups excluding carboxylic acids is 1. The summed E-state index contributed by atoms with van der Waals surface area (Å²) >= 11 is 5.92. The molecule has 0 saturated carbocycles. The van der Waals surface area contributed by atoms with Crippen LogP contribution in [0.4, 0.5) is 17.3 Å². The van der Waals surface area contributed by atoms with Gasteiger partial charge < -0.3 is 10.6 Å². The summed E-state index contributed by atoms with van der Waals surface area (Å²) in [4.78, 5) is 20.8. The van der Waals surface area contributed by atoms with Crippen molar-refractivity contribution in [2.24, 2.45) is 0 Å². The van der Waals surface area contributed by atoms with Crippen LogP contribution in [-0.2, 0) is 0 Å². The van der Waals surface area contributed by atoms with E-state index in [1.165, 1.54) is 18.0 Å². The molecule has 0 spiro atoms. The molecule has 132 valence electrons. The zero-order chi connectivity index (χ0) is 18.5. The van der Waals surface area contributed by atoms with Crippen LogP contribution >= 0.6 is 11.6 Å². The molecule has 2 N–H and O–H groups in total. The van der Waals surface area contributed by atoms with Gasteiger partial charge in [-0.15, -0.1) is 0 Å². The van der Waals surface area contributed by atoms with Crippen molar-refractivity contribution in [2.75, 3.05) is 10.6 Å². The predicted molar refractivity (Wildman–Crippen MR) is 105 cm³/mol. The second-order valence-electron chi connectivity index (χ2n) is 6.13. The Balaban J connectivity index is 1.71. The molecule has 0 aliphatic carbocycles. The van der Waals surface area contributed by atoms with Gasteiger partial charge in [0.1, 0.15) is 0 Å². The monoisotopic (exact) mass is 366 g/mol. The molecule has 0 unspecified atom stereocenters. The van der Waals surface area contributed by atoms with Crippen molar-refractivity contribution in [3.63, 3.8) is 0 Å². The minimum absolute atomic E-state index is 0.290. The second-order valence-corrected chi connectivity index (χ2v) is 6.56. The van der Waals surface area contributed by atoms with E-state index >= 15 is 0 Å². The van der Waals surface area contributed by atoms with E-state index < -0.39 is 0 Å². The van der Waals surface area contributed by atoms with E-state index in [0.717, 1.165) is 5.69 Å². The van der Waals surface area contributed by atoms with E-state index in [9.17, 15) is 4.79 Å². The lowest BCUT2D eigenvalue weighted by Crippen LogP contribution is -2.13. The van der Waals surface area contributed by atoms with Crippen LogP contribution in [0.1, 0.15) is 35.7 Å². The molecule has 5 nitrogen and oxygen atoms in total. The summed E-state index contributed by atoms with van der Waals surface area (Å²) in [5.74, 6) is 0.528. The van der Waals surface area contributed by atoms with Crippen molar-refractivity contribution in [3.8, 4) is 0 Å². The van der Waals surface area contributed by atoms with Gasteiger partial charge >= 0.3 is 0 Å². The molecule has 3 aromatic rings. The van der Waals surface area contributed by atoms with Gasteiger partial charge in [-0.3, -0.25) is 4.79 Å². The Morgan fingerprint density at radius 3 is 2.46 bits per heavy atom. The van der Waals surface area contributed by atoms with Crippen LogP contribution in [-0.4, -0.2) is 15.9 Å². The minimum Gasteiger partial charge on any atom is -0.324 e. The van der Waals surface area contributed by atoms with Crippen molar-refractivity contribution in [2.45, 2.75) is 19.8 Å².